The van der Waals surface area contributed by atoms with Crippen LogP contribution in [0.2, 0.25) is 0 Å². The molecular weight excluding hydrogens is 408 g/mol. The number of benzene rings is 2. The first-order valence-corrected chi connectivity index (χ1v) is 8.76. The second kappa shape index (κ2) is 8.10. The number of hydrogen-bond donors (Lipinski definition) is 1. The highest BCUT2D eigenvalue weighted by atomic mass is 32.1. The first kappa shape index (κ1) is 20.0. The Bertz CT molecular complexity index is 1130. The molecule has 0 unspecified atom stereocenters. The minimum Gasteiger partial charge on any atom is -0.465 e. The maximum absolute atomic E-state index is 13.4. The molecule has 0 aliphatic heterocycles. The third-order valence-electron chi connectivity index (χ3n) is 3.75. The summed E-state index contributed by atoms with van der Waals surface area (Å²) in [6, 6.07) is 6.41. The summed E-state index contributed by atoms with van der Waals surface area (Å²) in [6.45, 7) is 0. The number of amides is 1. The smallest absolute Gasteiger partial charge is 0.338 e. The number of non-ortho nitro benzene ring substituents is 1. The number of ether oxygens (including phenoxy) is 1. The van der Waals surface area contributed by atoms with Gasteiger partial charge in [-0.2, -0.15) is 0 Å². The maximum atomic E-state index is 13.4. The number of methoxy groups -OCH3 is 1. The molecule has 11 heteroatoms. The van der Waals surface area contributed by atoms with E-state index in [1.165, 1.54) is 11.4 Å². The summed E-state index contributed by atoms with van der Waals surface area (Å²) < 4.78 is 31.0. The summed E-state index contributed by atoms with van der Waals surface area (Å²) in [5.74, 6) is -3.61. The molecule has 0 spiro atoms. The number of aromatic nitrogens is 1. The van der Waals surface area contributed by atoms with E-state index >= 15 is 0 Å². The first-order chi connectivity index (χ1) is 13.8. The highest BCUT2D eigenvalue weighted by molar-refractivity contribution is 7.14. The minimum absolute atomic E-state index is 0.126. The van der Waals surface area contributed by atoms with E-state index < -0.39 is 34.1 Å². The van der Waals surface area contributed by atoms with Crippen LogP contribution in [0.4, 0.5) is 19.6 Å². The Morgan fingerprint density at radius 3 is 2.52 bits per heavy atom. The van der Waals surface area contributed by atoms with Gasteiger partial charge < -0.3 is 4.74 Å². The van der Waals surface area contributed by atoms with Crippen LogP contribution in [0.5, 0.6) is 0 Å². The van der Waals surface area contributed by atoms with Crippen molar-refractivity contribution in [2.75, 3.05) is 12.4 Å². The molecule has 3 rings (SSSR count). The lowest BCUT2D eigenvalue weighted by Crippen LogP contribution is -2.14. The van der Waals surface area contributed by atoms with Crippen LogP contribution in [-0.4, -0.2) is 28.9 Å². The van der Waals surface area contributed by atoms with Gasteiger partial charge in [-0.05, 0) is 24.3 Å². The minimum atomic E-state index is -1.03. The summed E-state index contributed by atoms with van der Waals surface area (Å²) in [6.07, 6.45) is 0. The third-order valence-corrected chi connectivity index (χ3v) is 4.51. The van der Waals surface area contributed by atoms with Crippen molar-refractivity contribution in [3.05, 3.63) is 74.7 Å². The number of carbonyl (C=O) groups is 2. The zero-order valence-corrected chi connectivity index (χ0v) is 15.5. The van der Waals surface area contributed by atoms with E-state index in [0.29, 0.717) is 11.3 Å². The van der Waals surface area contributed by atoms with Crippen molar-refractivity contribution in [2.45, 2.75) is 0 Å². The summed E-state index contributed by atoms with van der Waals surface area (Å²) in [5, 5.41) is 15.2. The van der Waals surface area contributed by atoms with Crippen LogP contribution in [0.3, 0.4) is 0 Å². The lowest BCUT2D eigenvalue weighted by atomic mass is 10.1. The van der Waals surface area contributed by atoms with Gasteiger partial charge in [0.05, 0.1) is 23.3 Å². The van der Waals surface area contributed by atoms with E-state index in [1.54, 1.807) is 0 Å². The quantitative estimate of drug-likeness (QED) is 0.380. The lowest BCUT2D eigenvalue weighted by Gasteiger charge is -2.05. The highest BCUT2D eigenvalue weighted by Gasteiger charge is 2.19. The number of nitro groups is 1. The molecule has 29 heavy (non-hydrogen) atoms. The molecule has 0 aliphatic carbocycles. The maximum Gasteiger partial charge on any atom is 0.338 e. The van der Waals surface area contributed by atoms with Gasteiger partial charge in [-0.1, -0.05) is 0 Å². The summed E-state index contributed by atoms with van der Waals surface area (Å²) in [4.78, 5) is 38.6. The van der Waals surface area contributed by atoms with Crippen LogP contribution >= 0.6 is 11.3 Å². The average molecular weight is 419 g/mol. The molecular formula is C18H11F2N3O5S. The second-order valence-corrected chi connectivity index (χ2v) is 6.50. The molecule has 0 saturated carbocycles. The highest BCUT2D eigenvalue weighted by Crippen LogP contribution is 2.27. The van der Waals surface area contributed by atoms with Crippen molar-refractivity contribution in [3.63, 3.8) is 0 Å². The van der Waals surface area contributed by atoms with Crippen molar-refractivity contribution >= 4 is 34.0 Å². The van der Waals surface area contributed by atoms with Crippen LogP contribution < -0.4 is 5.32 Å². The molecule has 0 bridgehead atoms. The Kier molecular flexibility index (Phi) is 5.59. The average Bonchev–Trinajstić information content (AvgIpc) is 3.17. The predicted molar refractivity (Wildman–Crippen MR) is 99.9 cm³/mol. The predicted octanol–water partition coefficient (Wildman–Crippen LogP) is 4.04. The third kappa shape index (κ3) is 4.41. The van der Waals surface area contributed by atoms with Crippen molar-refractivity contribution in [1.82, 2.24) is 4.98 Å². The largest absolute Gasteiger partial charge is 0.465 e. The van der Waals surface area contributed by atoms with Crippen LogP contribution in [0.25, 0.3) is 11.3 Å². The van der Waals surface area contributed by atoms with Gasteiger partial charge in [0, 0.05) is 28.6 Å². The van der Waals surface area contributed by atoms with E-state index in [2.05, 4.69) is 15.0 Å². The van der Waals surface area contributed by atoms with Gasteiger partial charge in [-0.3, -0.25) is 20.2 Å². The Hall–Kier alpha value is -3.73. The monoisotopic (exact) mass is 419 g/mol. The Balaban J connectivity index is 1.86. The van der Waals surface area contributed by atoms with Gasteiger partial charge >= 0.3 is 5.97 Å². The number of anilines is 1. The number of hydrogen-bond acceptors (Lipinski definition) is 7. The molecule has 8 nitrogen and oxygen atoms in total. The molecule has 0 atom stereocenters. The van der Waals surface area contributed by atoms with E-state index in [0.717, 1.165) is 48.8 Å². The van der Waals surface area contributed by atoms with Crippen molar-refractivity contribution in [2.24, 2.45) is 0 Å². The Morgan fingerprint density at radius 1 is 1.14 bits per heavy atom. The molecule has 0 aliphatic rings. The second-order valence-electron chi connectivity index (χ2n) is 5.64. The molecule has 1 heterocycles. The number of nitrogens with zero attached hydrogens (tertiary/aromatic N) is 2. The number of thiazole rings is 1. The van der Waals surface area contributed by atoms with Crippen LogP contribution in [0, 0.1) is 21.7 Å². The molecule has 3 aromatic rings. The number of halogens is 2. The van der Waals surface area contributed by atoms with Gasteiger partial charge in [-0.15, -0.1) is 11.3 Å². The fourth-order valence-corrected chi connectivity index (χ4v) is 3.09. The van der Waals surface area contributed by atoms with Gasteiger partial charge in [-0.25, -0.2) is 18.6 Å². The zero-order valence-electron chi connectivity index (χ0n) is 14.6. The topological polar surface area (TPSA) is 111 Å². The number of esters is 1. The summed E-state index contributed by atoms with van der Waals surface area (Å²) >= 11 is 1.02. The number of carbonyl (C=O) groups excluding carboxylic acids is 2. The first-order valence-electron chi connectivity index (χ1n) is 7.88. The van der Waals surface area contributed by atoms with Crippen LogP contribution in [0.1, 0.15) is 20.7 Å². The molecule has 1 aromatic heterocycles. The molecule has 0 radical (unpaired) electrons. The molecule has 2 aromatic carbocycles. The van der Waals surface area contributed by atoms with Gasteiger partial charge in [0.15, 0.2) is 16.8 Å². The van der Waals surface area contributed by atoms with E-state index in [-0.39, 0.29) is 16.3 Å². The van der Waals surface area contributed by atoms with Gasteiger partial charge in [0.25, 0.3) is 11.6 Å². The fourth-order valence-electron chi connectivity index (χ4n) is 2.37. The molecule has 0 saturated heterocycles. The van der Waals surface area contributed by atoms with Crippen molar-refractivity contribution < 1.29 is 28.0 Å². The number of rotatable bonds is 5. The zero-order chi connectivity index (χ0) is 21.1. The molecule has 1 amide bonds. The SMILES string of the molecule is COC(=O)c1cc(C(=O)Nc2nc(-c3ccc(F)c(F)c3)cs2)cc([N+](=O)[O-])c1. The van der Waals surface area contributed by atoms with Crippen molar-refractivity contribution in [3.8, 4) is 11.3 Å². The van der Waals surface area contributed by atoms with Crippen molar-refractivity contribution in [1.29, 1.82) is 0 Å². The normalized spacial score (nSPS) is 10.4. The van der Waals surface area contributed by atoms with E-state index in [1.807, 2.05) is 0 Å². The Labute approximate surface area is 165 Å². The summed E-state index contributed by atoms with van der Waals surface area (Å²) in [5.41, 5.74) is -0.153. The summed E-state index contributed by atoms with van der Waals surface area (Å²) in [7, 11) is 1.11. The number of nitro benzene ring substituents is 1. The molecule has 0 fully saturated rings. The van der Waals surface area contributed by atoms with E-state index in [4.69, 9.17) is 0 Å². The molecule has 148 valence electrons. The molecule has 1 N–H and O–H groups in total. The van der Waals surface area contributed by atoms with Crippen LogP contribution in [0.15, 0.2) is 41.8 Å². The standard InChI is InChI=1S/C18H11F2N3O5S/c1-28-17(25)11-4-10(5-12(6-11)23(26)27)16(24)22-18-21-15(8-29-18)9-2-3-13(19)14(20)7-9/h2-8H,1H3,(H,21,22,24). The van der Waals surface area contributed by atoms with Gasteiger partial charge in [0.1, 0.15) is 0 Å². The van der Waals surface area contributed by atoms with Crippen LogP contribution in [-0.2, 0) is 4.74 Å². The fraction of sp³-hybridized carbons (Fsp3) is 0.0556. The van der Waals surface area contributed by atoms with Gasteiger partial charge in [0.2, 0.25) is 0 Å². The lowest BCUT2D eigenvalue weighted by molar-refractivity contribution is -0.384. The van der Waals surface area contributed by atoms with E-state index in [9.17, 15) is 28.5 Å². The Morgan fingerprint density at radius 2 is 1.86 bits per heavy atom. The number of nitrogens with one attached hydrogen (secondary N) is 1.